The maximum absolute atomic E-state index is 9.63. The topological polar surface area (TPSA) is 23.5 Å². The molecule has 0 aromatic rings. The zero-order valence-corrected chi connectivity index (χ0v) is 9.59. The van der Waals surface area contributed by atoms with Gasteiger partial charge in [-0.05, 0) is 47.5 Å². The zero-order chi connectivity index (χ0) is 10.3. The number of aliphatic hydroxyl groups is 1. The van der Waals surface area contributed by atoms with Crippen LogP contribution in [0.25, 0.3) is 0 Å². The molecule has 1 saturated heterocycles. The molecule has 1 atom stereocenters. The highest BCUT2D eigenvalue weighted by Crippen LogP contribution is 2.33. The Morgan fingerprint density at radius 1 is 1.31 bits per heavy atom. The van der Waals surface area contributed by atoms with Gasteiger partial charge in [0, 0.05) is 17.6 Å². The molecule has 0 saturated carbocycles. The molecule has 0 aromatic carbocycles. The number of likely N-dealkylation sites (tertiary alicyclic amines) is 1. The van der Waals surface area contributed by atoms with E-state index in [1.807, 2.05) is 0 Å². The molecule has 2 heteroatoms. The van der Waals surface area contributed by atoms with Gasteiger partial charge in [-0.3, -0.25) is 4.90 Å². The van der Waals surface area contributed by atoms with Crippen LogP contribution in [0.5, 0.6) is 0 Å². The van der Waals surface area contributed by atoms with Gasteiger partial charge in [-0.25, -0.2) is 0 Å². The predicted molar refractivity (Wildman–Crippen MR) is 55.8 cm³/mol. The molecule has 0 aliphatic carbocycles. The molecule has 13 heavy (non-hydrogen) atoms. The molecule has 0 bridgehead atoms. The second kappa shape index (κ2) is 3.25. The molecule has 0 amide bonds. The van der Waals surface area contributed by atoms with E-state index in [1.165, 1.54) is 0 Å². The predicted octanol–water partition coefficient (Wildman–Crippen LogP) is 2.02. The van der Waals surface area contributed by atoms with Gasteiger partial charge in [0.15, 0.2) is 0 Å². The van der Waals surface area contributed by atoms with Crippen LogP contribution in [-0.4, -0.2) is 33.7 Å². The first-order valence-corrected chi connectivity index (χ1v) is 5.19. The molecular weight excluding hydrogens is 162 g/mol. The monoisotopic (exact) mass is 185 g/mol. The third-order valence-corrected chi connectivity index (χ3v) is 3.02. The van der Waals surface area contributed by atoms with Crippen LogP contribution in [-0.2, 0) is 0 Å². The second-order valence-electron chi connectivity index (χ2n) is 5.79. The van der Waals surface area contributed by atoms with Crippen molar-refractivity contribution in [2.24, 2.45) is 0 Å². The van der Waals surface area contributed by atoms with E-state index in [0.29, 0.717) is 0 Å². The molecule has 0 radical (unpaired) electrons. The van der Waals surface area contributed by atoms with Crippen molar-refractivity contribution in [1.82, 2.24) is 4.90 Å². The summed E-state index contributed by atoms with van der Waals surface area (Å²) in [5.41, 5.74) is 0.391. The third kappa shape index (κ3) is 2.44. The highest BCUT2D eigenvalue weighted by molar-refractivity contribution is 4.94. The van der Waals surface area contributed by atoms with Crippen LogP contribution < -0.4 is 0 Å². The quantitative estimate of drug-likeness (QED) is 0.624. The Balaban J connectivity index is 2.78. The summed E-state index contributed by atoms with van der Waals surface area (Å²) in [4.78, 5) is 2.41. The van der Waals surface area contributed by atoms with Crippen LogP contribution >= 0.6 is 0 Å². The van der Waals surface area contributed by atoms with Crippen LogP contribution in [0.15, 0.2) is 0 Å². The van der Waals surface area contributed by atoms with E-state index in [9.17, 15) is 5.11 Å². The van der Waals surface area contributed by atoms with E-state index in [4.69, 9.17) is 0 Å². The minimum atomic E-state index is -0.132. The molecule has 1 unspecified atom stereocenters. The van der Waals surface area contributed by atoms with Crippen molar-refractivity contribution in [3.8, 4) is 0 Å². The van der Waals surface area contributed by atoms with Crippen LogP contribution in [0.4, 0.5) is 0 Å². The summed E-state index contributed by atoms with van der Waals surface area (Å²) in [5.74, 6) is 0. The molecule has 0 aromatic heterocycles. The highest BCUT2D eigenvalue weighted by Gasteiger charge is 2.39. The average Bonchev–Trinajstić information content (AvgIpc) is 1.92. The Morgan fingerprint density at radius 2 is 1.85 bits per heavy atom. The first-order chi connectivity index (χ1) is 5.73. The van der Waals surface area contributed by atoms with Crippen molar-refractivity contribution in [3.63, 3.8) is 0 Å². The van der Waals surface area contributed by atoms with E-state index < -0.39 is 0 Å². The first-order valence-electron chi connectivity index (χ1n) is 5.19. The normalized spacial score (nSPS) is 30.5. The lowest BCUT2D eigenvalue weighted by molar-refractivity contribution is -0.0555. The smallest absolute Gasteiger partial charge is 0.0668 e. The largest absolute Gasteiger partial charge is 0.392 e. The summed E-state index contributed by atoms with van der Waals surface area (Å²) in [6.45, 7) is 12.0. The number of nitrogens with zero attached hydrogens (tertiary/aromatic N) is 1. The van der Waals surface area contributed by atoms with Gasteiger partial charge in [-0.1, -0.05) is 0 Å². The van der Waals surface area contributed by atoms with Gasteiger partial charge in [-0.2, -0.15) is 0 Å². The number of rotatable bonds is 0. The standard InChI is InChI=1S/C11H23NO/c1-10(2,3)12-8-9(13)6-7-11(12,4)5/h9,13H,6-8H2,1-5H3. The average molecular weight is 185 g/mol. The van der Waals surface area contributed by atoms with E-state index >= 15 is 0 Å². The lowest BCUT2D eigenvalue weighted by Crippen LogP contribution is -2.59. The second-order valence-corrected chi connectivity index (χ2v) is 5.79. The Kier molecular flexibility index (Phi) is 2.75. The Bertz CT molecular complexity index is 181. The third-order valence-electron chi connectivity index (χ3n) is 3.02. The van der Waals surface area contributed by atoms with Crippen molar-refractivity contribution < 1.29 is 5.11 Å². The molecular formula is C11H23NO. The Labute approximate surface area is 81.9 Å². The van der Waals surface area contributed by atoms with E-state index in [-0.39, 0.29) is 17.2 Å². The van der Waals surface area contributed by atoms with Gasteiger partial charge < -0.3 is 5.11 Å². The summed E-state index contributed by atoms with van der Waals surface area (Å²) in [7, 11) is 0. The summed E-state index contributed by atoms with van der Waals surface area (Å²) >= 11 is 0. The van der Waals surface area contributed by atoms with Gasteiger partial charge in [0.2, 0.25) is 0 Å². The first kappa shape index (κ1) is 11.0. The molecule has 0 spiro atoms. The summed E-state index contributed by atoms with van der Waals surface area (Å²) in [6.07, 6.45) is 1.90. The minimum absolute atomic E-state index is 0.132. The Hall–Kier alpha value is -0.0800. The molecule has 1 N–H and O–H groups in total. The number of piperidine rings is 1. The van der Waals surface area contributed by atoms with Crippen molar-refractivity contribution in [3.05, 3.63) is 0 Å². The molecule has 78 valence electrons. The zero-order valence-electron chi connectivity index (χ0n) is 9.59. The molecule has 1 aliphatic heterocycles. The molecule has 1 aliphatic rings. The van der Waals surface area contributed by atoms with Crippen molar-refractivity contribution in [2.45, 2.75) is 64.6 Å². The molecule has 1 rings (SSSR count). The molecule has 2 nitrogen and oxygen atoms in total. The number of hydrogen-bond acceptors (Lipinski definition) is 2. The fourth-order valence-electron chi connectivity index (χ4n) is 2.39. The highest BCUT2D eigenvalue weighted by atomic mass is 16.3. The van der Waals surface area contributed by atoms with Crippen LogP contribution in [0.2, 0.25) is 0 Å². The molecule has 1 heterocycles. The molecule has 1 fully saturated rings. The minimum Gasteiger partial charge on any atom is -0.392 e. The summed E-state index contributed by atoms with van der Waals surface area (Å²) in [6, 6.07) is 0. The van der Waals surface area contributed by atoms with Crippen LogP contribution in [0.1, 0.15) is 47.5 Å². The number of hydrogen-bond donors (Lipinski definition) is 1. The van der Waals surface area contributed by atoms with E-state index in [0.717, 1.165) is 19.4 Å². The van der Waals surface area contributed by atoms with Crippen LogP contribution in [0.3, 0.4) is 0 Å². The number of β-amino-alcohol motifs (C(OH)–C–C–N with tert-alkyl or cyclic N) is 1. The fraction of sp³-hybridized carbons (Fsp3) is 1.00. The number of aliphatic hydroxyl groups excluding tert-OH is 1. The van der Waals surface area contributed by atoms with E-state index in [1.54, 1.807) is 0 Å². The van der Waals surface area contributed by atoms with Gasteiger partial charge >= 0.3 is 0 Å². The van der Waals surface area contributed by atoms with Gasteiger partial charge in [0.1, 0.15) is 0 Å². The SMILES string of the molecule is CC(C)(C)N1CC(O)CCC1(C)C. The van der Waals surface area contributed by atoms with Gasteiger partial charge in [0.25, 0.3) is 0 Å². The summed E-state index contributed by atoms with van der Waals surface area (Å²) < 4.78 is 0. The van der Waals surface area contributed by atoms with Crippen molar-refractivity contribution in [1.29, 1.82) is 0 Å². The maximum Gasteiger partial charge on any atom is 0.0668 e. The van der Waals surface area contributed by atoms with Crippen molar-refractivity contribution in [2.75, 3.05) is 6.54 Å². The lowest BCUT2D eigenvalue weighted by atomic mass is 9.85. The lowest BCUT2D eigenvalue weighted by Gasteiger charge is -2.51. The van der Waals surface area contributed by atoms with Crippen LogP contribution in [0, 0.1) is 0 Å². The maximum atomic E-state index is 9.63. The Morgan fingerprint density at radius 3 is 2.23 bits per heavy atom. The summed E-state index contributed by atoms with van der Waals surface area (Å²) in [5, 5.41) is 9.63. The van der Waals surface area contributed by atoms with Crippen molar-refractivity contribution >= 4 is 0 Å². The fourth-order valence-corrected chi connectivity index (χ4v) is 2.39. The van der Waals surface area contributed by atoms with Gasteiger partial charge in [-0.15, -0.1) is 0 Å². The van der Waals surface area contributed by atoms with E-state index in [2.05, 4.69) is 39.5 Å². The van der Waals surface area contributed by atoms with Gasteiger partial charge in [0.05, 0.1) is 6.10 Å².